The van der Waals surface area contributed by atoms with Gasteiger partial charge < -0.3 is 4.74 Å². The van der Waals surface area contributed by atoms with Gasteiger partial charge in [0.2, 0.25) is 0 Å². The lowest BCUT2D eigenvalue weighted by Gasteiger charge is -2.35. The molecule has 0 amide bonds. The van der Waals surface area contributed by atoms with Crippen molar-refractivity contribution in [1.29, 1.82) is 0 Å². The van der Waals surface area contributed by atoms with E-state index in [-0.39, 0.29) is 17.9 Å². The predicted octanol–water partition coefficient (Wildman–Crippen LogP) is 1.60. The summed E-state index contributed by atoms with van der Waals surface area (Å²) in [5.41, 5.74) is 1.36. The van der Waals surface area contributed by atoms with Gasteiger partial charge in [-0.3, -0.25) is 14.5 Å². The summed E-state index contributed by atoms with van der Waals surface area (Å²) >= 11 is 3.40. The highest BCUT2D eigenvalue weighted by Crippen LogP contribution is 2.15. The van der Waals surface area contributed by atoms with Gasteiger partial charge in [-0.15, -0.1) is 0 Å². The van der Waals surface area contributed by atoms with Crippen molar-refractivity contribution >= 4 is 27.1 Å². The number of fused-ring (bicyclic) bond motifs is 1. The van der Waals surface area contributed by atoms with E-state index in [1.54, 1.807) is 10.8 Å². The molecule has 1 aliphatic heterocycles. The number of ether oxygens (including phenoxy) is 1. The van der Waals surface area contributed by atoms with Crippen LogP contribution in [0.15, 0.2) is 21.5 Å². The highest BCUT2D eigenvalue weighted by molar-refractivity contribution is 9.10. The van der Waals surface area contributed by atoms with Crippen LogP contribution in [0.4, 0.5) is 0 Å². The minimum Gasteiger partial charge on any atom is -0.373 e. The Morgan fingerprint density at radius 1 is 1.38 bits per heavy atom. The molecule has 114 valence electrons. The fourth-order valence-corrected chi connectivity index (χ4v) is 3.26. The van der Waals surface area contributed by atoms with Crippen LogP contribution in [0.5, 0.6) is 0 Å². The summed E-state index contributed by atoms with van der Waals surface area (Å²) in [6.07, 6.45) is 2.17. The van der Waals surface area contributed by atoms with Crippen molar-refractivity contribution in [2.24, 2.45) is 0 Å². The average molecular weight is 355 g/mol. The third-order valence-corrected chi connectivity index (χ3v) is 4.16. The number of aromatic nitrogens is 3. The lowest BCUT2D eigenvalue weighted by atomic mass is 10.2. The van der Waals surface area contributed by atoms with Crippen molar-refractivity contribution in [3.05, 3.63) is 27.2 Å². The van der Waals surface area contributed by atoms with Gasteiger partial charge in [-0.25, -0.2) is 9.78 Å². The van der Waals surface area contributed by atoms with Crippen molar-refractivity contribution in [3.8, 4) is 0 Å². The number of imidazole rings is 1. The van der Waals surface area contributed by atoms with Crippen LogP contribution in [-0.2, 0) is 11.3 Å². The fourth-order valence-electron chi connectivity index (χ4n) is 2.94. The SMILES string of the molecule is CC1CN(CCn2c(=O)[nH]c3ncc(Br)cc32)CC(C)O1. The minimum atomic E-state index is -0.107. The number of halogens is 1. The molecule has 0 spiro atoms. The number of nitrogens with one attached hydrogen (secondary N) is 1. The summed E-state index contributed by atoms with van der Waals surface area (Å²) in [7, 11) is 0. The summed E-state index contributed by atoms with van der Waals surface area (Å²) < 4.78 is 8.35. The van der Waals surface area contributed by atoms with Gasteiger partial charge in [-0.05, 0) is 35.8 Å². The second kappa shape index (κ2) is 5.90. The van der Waals surface area contributed by atoms with Gasteiger partial charge in [0.15, 0.2) is 5.65 Å². The zero-order chi connectivity index (χ0) is 15.0. The quantitative estimate of drug-likeness (QED) is 0.909. The monoisotopic (exact) mass is 354 g/mol. The molecule has 0 aromatic carbocycles. The lowest BCUT2D eigenvalue weighted by Crippen LogP contribution is -2.46. The number of morpholine rings is 1. The fraction of sp³-hybridized carbons (Fsp3) is 0.571. The molecule has 1 aliphatic rings. The summed E-state index contributed by atoms with van der Waals surface area (Å²) in [6, 6.07) is 1.92. The number of H-pyrrole nitrogens is 1. The Morgan fingerprint density at radius 3 is 2.81 bits per heavy atom. The molecule has 1 saturated heterocycles. The van der Waals surface area contributed by atoms with Crippen LogP contribution in [0.3, 0.4) is 0 Å². The van der Waals surface area contributed by atoms with Crippen LogP contribution in [0.25, 0.3) is 11.2 Å². The van der Waals surface area contributed by atoms with Crippen LogP contribution in [0.2, 0.25) is 0 Å². The van der Waals surface area contributed by atoms with Gasteiger partial charge in [0.05, 0.1) is 17.7 Å². The Hall–Kier alpha value is -1.18. The largest absolute Gasteiger partial charge is 0.373 e. The lowest BCUT2D eigenvalue weighted by molar-refractivity contribution is -0.0685. The molecule has 2 atom stereocenters. The molecular weight excluding hydrogens is 336 g/mol. The van der Waals surface area contributed by atoms with E-state index in [1.165, 1.54) is 0 Å². The van der Waals surface area contributed by atoms with Gasteiger partial charge in [0.1, 0.15) is 0 Å². The van der Waals surface area contributed by atoms with Crippen LogP contribution >= 0.6 is 15.9 Å². The van der Waals surface area contributed by atoms with E-state index in [0.29, 0.717) is 12.2 Å². The van der Waals surface area contributed by atoms with E-state index >= 15 is 0 Å². The van der Waals surface area contributed by atoms with Crippen molar-refractivity contribution in [2.75, 3.05) is 19.6 Å². The Labute approximate surface area is 131 Å². The van der Waals surface area contributed by atoms with E-state index in [9.17, 15) is 4.79 Å². The maximum atomic E-state index is 12.1. The van der Waals surface area contributed by atoms with Crippen molar-refractivity contribution < 1.29 is 4.74 Å². The van der Waals surface area contributed by atoms with Crippen LogP contribution in [0.1, 0.15) is 13.8 Å². The second-order valence-corrected chi connectivity index (χ2v) is 6.54. The van der Waals surface area contributed by atoms with Gasteiger partial charge in [-0.2, -0.15) is 0 Å². The molecule has 2 aromatic heterocycles. The number of rotatable bonds is 3. The summed E-state index contributed by atoms with van der Waals surface area (Å²) in [5, 5.41) is 0. The van der Waals surface area contributed by atoms with E-state index in [1.807, 2.05) is 6.07 Å². The maximum absolute atomic E-state index is 12.1. The van der Waals surface area contributed by atoms with Crippen molar-refractivity contribution in [1.82, 2.24) is 19.4 Å². The van der Waals surface area contributed by atoms with Gasteiger partial charge in [-0.1, -0.05) is 0 Å². The number of nitrogens with zero attached hydrogens (tertiary/aromatic N) is 3. The molecule has 0 aliphatic carbocycles. The third-order valence-electron chi connectivity index (χ3n) is 3.73. The Kier molecular flexibility index (Phi) is 4.14. The Balaban J connectivity index is 1.77. The zero-order valence-electron chi connectivity index (χ0n) is 12.2. The third kappa shape index (κ3) is 3.20. The topological polar surface area (TPSA) is 63.2 Å². The van der Waals surface area contributed by atoms with Crippen molar-refractivity contribution in [3.63, 3.8) is 0 Å². The first-order valence-electron chi connectivity index (χ1n) is 7.15. The number of hydrogen-bond acceptors (Lipinski definition) is 4. The summed E-state index contributed by atoms with van der Waals surface area (Å²) in [6.45, 7) is 7.46. The molecule has 0 bridgehead atoms. The molecule has 0 radical (unpaired) electrons. The molecule has 6 nitrogen and oxygen atoms in total. The summed E-state index contributed by atoms with van der Waals surface area (Å²) in [4.78, 5) is 21.4. The molecule has 3 heterocycles. The van der Waals surface area contributed by atoms with Gasteiger partial charge >= 0.3 is 5.69 Å². The second-order valence-electron chi connectivity index (χ2n) is 5.62. The summed E-state index contributed by atoms with van der Waals surface area (Å²) in [5.74, 6) is 0. The molecule has 1 fully saturated rings. The van der Waals surface area contributed by atoms with E-state index < -0.39 is 0 Å². The van der Waals surface area contributed by atoms with Crippen LogP contribution in [0, 0.1) is 0 Å². The van der Waals surface area contributed by atoms with E-state index in [4.69, 9.17) is 4.74 Å². The van der Waals surface area contributed by atoms with Crippen molar-refractivity contribution in [2.45, 2.75) is 32.6 Å². The van der Waals surface area contributed by atoms with E-state index in [2.05, 4.69) is 44.6 Å². The zero-order valence-corrected chi connectivity index (χ0v) is 13.8. The molecule has 3 rings (SSSR count). The first kappa shape index (κ1) is 14.7. The first-order valence-corrected chi connectivity index (χ1v) is 7.94. The minimum absolute atomic E-state index is 0.107. The number of pyridine rings is 1. The molecule has 2 unspecified atom stereocenters. The predicted molar refractivity (Wildman–Crippen MR) is 84.5 cm³/mol. The Morgan fingerprint density at radius 2 is 2.10 bits per heavy atom. The van der Waals surface area contributed by atoms with Gasteiger partial charge in [0, 0.05) is 36.8 Å². The smallest absolute Gasteiger partial charge is 0.327 e. The van der Waals surface area contributed by atoms with Crippen LogP contribution in [-0.4, -0.2) is 51.3 Å². The van der Waals surface area contributed by atoms with Crippen LogP contribution < -0.4 is 5.69 Å². The normalized spacial score (nSPS) is 23.8. The molecule has 0 saturated carbocycles. The molecule has 2 aromatic rings. The van der Waals surface area contributed by atoms with Gasteiger partial charge in [0.25, 0.3) is 0 Å². The highest BCUT2D eigenvalue weighted by Gasteiger charge is 2.22. The maximum Gasteiger partial charge on any atom is 0.327 e. The standard InChI is InChI=1S/C14H19BrN4O2/c1-9-7-18(8-10(2)21-9)3-4-19-12-5-11(15)6-16-13(12)17-14(19)20/h5-6,9-10H,3-4,7-8H2,1-2H3,(H,16,17,20). The first-order chi connectivity index (χ1) is 10.0. The van der Waals surface area contributed by atoms with E-state index in [0.717, 1.165) is 29.6 Å². The molecule has 1 N–H and O–H groups in total. The molecular formula is C14H19BrN4O2. The average Bonchev–Trinajstić information content (AvgIpc) is 2.70. The Bertz CT molecular complexity index is 686. The molecule has 21 heavy (non-hydrogen) atoms. The number of hydrogen-bond donors (Lipinski definition) is 1. The molecule has 7 heteroatoms. The highest BCUT2D eigenvalue weighted by atomic mass is 79.9. The number of aromatic amines is 1.